The van der Waals surface area contributed by atoms with Crippen LogP contribution in [0.5, 0.6) is 11.5 Å². The van der Waals surface area contributed by atoms with Gasteiger partial charge < -0.3 is 9.47 Å². The van der Waals surface area contributed by atoms with Crippen molar-refractivity contribution >= 4 is 16.0 Å². The van der Waals surface area contributed by atoms with Gasteiger partial charge in [0.25, 0.3) is 0 Å². The maximum absolute atomic E-state index is 12.7. The zero-order valence-electron chi connectivity index (χ0n) is 17.4. The van der Waals surface area contributed by atoms with Crippen molar-refractivity contribution in [2.24, 2.45) is 0 Å². The van der Waals surface area contributed by atoms with Gasteiger partial charge in [-0.05, 0) is 36.4 Å². The molecule has 0 saturated carbocycles. The van der Waals surface area contributed by atoms with Gasteiger partial charge in [-0.3, -0.25) is 4.98 Å². The van der Waals surface area contributed by atoms with Gasteiger partial charge in [0, 0.05) is 24.8 Å². The van der Waals surface area contributed by atoms with Crippen LogP contribution in [0.25, 0.3) is 0 Å². The maximum Gasteiger partial charge on any atom is 0.338 e. The molecule has 0 spiro atoms. The normalized spacial score (nSPS) is 11.3. The predicted octanol–water partition coefficient (Wildman–Crippen LogP) is 4.26. The topological polar surface area (TPSA) is 85.8 Å². The number of esters is 1. The van der Waals surface area contributed by atoms with E-state index >= 15 is 0 Å². The van der Waals surface area contributed by atoms with E-state index in [1.807, 2.05) is 12.1 Å². The van der Waals surface area contributed by atoms with Crippen LogP contribution < -0.4 is 4.74 Å². The number of sulfonamides is 1. The Labute approximate surface area is 182 Å². The summed E-state index contributed by atoms with van der Waals surface area (Å²) in [5.74, 6) is 0.490. The highest BCUT2D eigenvalue weighted by Gasteiger charge is 2.23. The second-order valence-corrected chi connectivity index (χ2v) is 8.53. The molecule has 7 nitrogen and oxygen atoms in total. The third-order valence-electron chi connectivity index (χ3n) is 4.61. The minimum absolute atomic E-state index is 0.0255. The third kappa shape index (κ3) is 5.48. The van der Waals surface area contributed by atoms with Crippen molar-refractivity contribution in [2.75, 3.05) is 13.1 Å². The van der Waals surface area contributed by atoms with Crippen molar-refractivity contribution in [3.63, 3.8) is 0 Å². The van der Waals surface area contributed by atoms with Crippen molar-refractivity contribution < 1.29 is 22.7 Å². The van der Waals surface area contributed by atoms with E-state index in [0.717, 1.165) is 0 Å². The zero-order chi connectivity index (χ0) is 22.3. The number of para-hydroxylation sites is 1. The number of ether oxygens (including phenoxy) is 2. The van der Waals surface area contributed by atoms with E-state index in [4.69, 9.17) is 9.47 Å². The first-order chi connectivity index (χ1) is 15.0. The lowest BCUT2D eigenvalue weighted by molar-refractivity contribution is 0.0470. The summed E-state index contributed by atoms with van der Waals surface area (Å²) in [5, 5.41) is 0. The van der Waals surface area contributed by atoms with E-state index in [2.05, 4.69) is 4.98 Å². The summed E-state index contributed by atoms with van der Waals surface area (Å²) in [6.07, 6.45) is 3.24. The fourth-order valence-corrected chi connectivity index (χ4v) is 4.48. The molecule has 1 aromatic heterocycles. The summed E-state index contributed by atoms with van der Waals surface area (Å²) in [4.78, 5) is 16.7. The zero-order valence-corrected chi connectivity index (χ0v) is 18.2. The molecular weight excluding hydrogens is 416 g/mol. The first-order valence-electron chi connectivity index (χ1n) is 9.88. The molecule has 3 aromatic rings. The minimum atomic E-state index is -3.67. The molecule has 0 aliphatic carbocycles. The maximum atomic E-state index is 12.7. The number of aromatic nitrogens is 1. The molecule has 162 valence electrons. The van der Waals surface area contributed by atoms with Crippen LogP contribution in [0.15, 0.2) is 78.0 Å². The highest BCUT2D eigenvalue weighted by molar-refractivity contribution is 7.89. The molecule has 0 fully saturated rings. The van der Waals surface area contributed by atoms with Gasteiger partial charge in [-0.15, -0.1) is 0 Å². The van der Waals surface area contributed by atoms with Crippen molar-refractivity contribution in [1.29, 1.82) is 0 Å². The quantitative estimate of drug-likeness (QED) is 0.462. The lowest BCUT2D eigenvalue weighted by Crippen LogP contribution is -2.30. The molecule has 0 radical (unpaired) electrons. The Balaban J connectivity index is 1.74. The van der Waals surface area contributed by atoms with Gasteiger partial charge in [-0.25, -0.2) is 13.2 Å². The molecule has 0 unspecified atom stereocenters. The van der Waals surface area contributed by atoms with E-state index < -0.39 is 16.0 Å². The minimum Gasteiger partial charge on any atom is -0.457 e. The smallest absolute Gasteiger partial charge is 0.338 e. The molecule has 0 bridgehead atoms. The Kier molecular flexibility index (Phi) is 7.38. The number of pyridine rings is 1. The monoisotopic (exact) mass is 440 g/mol. The summed E-state index contributed by atoms with van der Waals surface area (Å²) in [6.45, 7) is 4.21. The average Bonchev–Trinajstić information content (AvgIpc) is 2.79. The van der Waals surface area contributed by atoms with E-state index in [0.29, 0.717) is 30.2 Å². The van der Waals surface area contributed by atoms with Gasteiger partial charge in [0.1, 0.15) is 18.1 Å². The van der Waals surface area contributed by atoms with E-state index in [1.54, 1.807) is 50.5 Å². The SMILES string of the molecule is CCN(CC)S(=O)(=O)c1cccc(C(=O)OCc2ccccc2Oc2cccnc2)c1. The van der Waals surface area contributed by atoms with Crippen LogP contribution in [0.3, 0.4) is 0 Å². The summed E-state index contributed by atoms with van der Waals surface area (Å²) >= 11 is 0. The first-order valence-corrected chi connectivity index (χ1v) is 11.3. The largest absolute Gasteiger partial charge is 0.457 e. The second-order valence-electron chi connectivity index (χ2n) is 6.59. The molecule has 0 N–H and O–H groups in total. The lowest BCUT2D eigenvalue weighted by atomic mass is 10.2. The van der Waals surface area contributed by atoms with Crippen LogP contribution in [0.4, 0.5) is 0 Å². The molecule has 0 aliphatic heterocycles. The van der Waals surface area contributed by atoms with Gasteiger partial charge in [-0.2, -0.15) is 4.31 Å². The molecule has 0 saturated heterocycles. The fraction of sp³-hybridized carbons (Fsp3) is 0.217. The fourth-order valence-electron chi connectivity index (χ4n) is 2.98. The van der Waals surface area contributed by atoms with Crippen LogP contribution in [-0.2, 0) is 21.4 Å². The molecule has 0 aliphatic rings. The lowest BCUT2D eigenvalue weighted by Gasteiger charge is -2.18. The highest BCUT2D eigenvalue weighted by atomic mass is 32.2. The van der Waals surface area contributed by atoms with Crippen LogP contribution in [0.2, 0.25) is 0 Å². The van der Waals surface area contributed by atoms with Crippen LogP contribution >= 0.6 is 0 Å². The number of carbonyl (C=O) groups is 1. The number of benzene rings is 2. The molecule has 0 amide bonds. The number of carbonyl (C=O) groups excluding carboxylic acids is 1. The number of nitrogens with zero attached hydrogens (tertiary/aromatic N) is 2. The second kappa shape index (κ2) is 10.2. The van der Waals surface area contributed by atoms with Crippen molar-refractivity contribution in [1.82, 2.24) is 9.29 Å². The number of rotatable bonds is 9. The summed E-state index contributed by atoms with van der Waals surface area (Å²) in [7, 11) is -3.67. The summed E-state index contributed by atoms with van der Waals surface area (Å²) in [5.41, 5.74) is 0.838. The number of hydrogen-bond donors (Lipinski definition) is 0. The standard InChI is InChI=1S/C23H24N2O5S/c1-3-25(4-2)31(27,28)21-12-7-10-18(15-21)23(26)29-17-19-9-5-6-13-22(19)30-20-11-8-14-24-16-20/h5-16H,3-4,17H2,1-2H3. The van der Waals surface area contributed by atoms with Gasteiger partial charge in [0.15, 0.2) is 0 Å². The Hall–Kier alpha value is -3.23. The molecule has 2 aromatic carbocycles. The molecular formula is C23H24N2O5S. The Morgan fingerprint density at radius 1 is 1.00 bits per heavy atom. The molecule has 1 heterocycles. The molecule has 0 atom stereocenters. The Morgan fingerprint density at radius 3 is 2.48 bits per heavy atom. The van der Waals surface area contributed by atoms with Crippen molar-refractivity contribution in [2.45, 2.75) is 25.3 Å². The van der Waals surface area contributed by atoms with Crippen LogP contribution in [0, 0.1) is 0 Å². The van der Waals surface area contributed by atoms with E-state index in [1.165, 1.54) is 28.6 Å². The Bertz CT molecular complexity index is 1130. The van der Waals surface area contributed by atoms with E-state index in [9.17, 15) is 13.2 Å². The Morgan fingerprint density at radius 2 is 1.77 bits per heavy atom. The van der Waals surface area contributed by atoms with Gasteiger partial charge in [-0.1, -0.05) is 38.1 Å². The summed E-state index contributed by atoms with van der Waals surface area (Å²) < 4.78 is 38.0. The van der Waals surface area contributed by atoms with Gasteiger partial charge in [0.05, 0.1) is 16.7 Å². The van der Waals surface area contributed by atoms with E-state index in [-0.39, 0.29) is 17.1 Å². The summed E-state index contributed by atoms with van der Waals surface area (Å²) in [6, 6.07) is 16.6. The van der Waals surface area contributed by atoms with Gasteiger partial charge in [0.2, 0.25) is 10.0 Å². The molecule has 3 rings (SSSR count). The van der Waals surface area contributed by atoms with Gasteiger partial charge >= 0.3 is 5.97 Å². The highest BCUT2D eigenvalue weighted by Crippen LogP contribution is 2.25. The first kappa shape index (κ1) is 22.5. The predicted molar refractivity (Wildman–Crippen MR) is 116 cm³/mol. The third-order valence-corrected chi connectivity index (χ3v) is 6.65. The molecule has 8 heteroatoms. The molecule has 31 heavy (non-hydrogen) atoms. The van der Waals surface area contributed by atoms with Crippen LogP contribution in [-0.4, -0.2) is 36.8 Å². The average molecular weight is 441 g/mol. The van der Waals surface area contributed by atoms with Crippen molar-refractivity contribution in [3.8, 4) is 11.5 Å². The van der Waals surface area contributed by atoms with Crippen molar-refractivity contribution in [3.05, 3.63) is 84.2 Å². The number of hydrogen-bond acceptors (Lipinski definition) is 6. The van der Waals surface area contributed by atoms with Crippen LogP contribution in [0.1, 0.15) is 29.8 Å².